The second kappa shape index (κ2) is 10.5. The molecule has 2 aromatic heterocycles. The molecular formula is C23H34N6OS. The van der Waals surface area contributed by atoms with Crippen LogP contribution in [0.4, 0.5) is 5.82 Å². The molecule has 0 aromatic carbocycles. The third-order valence-corrected chi connectivity index (χ3v) is 7.50. The van der Waals surface area contributed by atoms with Gasteiger partial charge in [0.2, 0.25) is 0 Å². The zero-order valence-corrected chi connectivity index (χ0v) is 19.2. The Morgan fingerprint density at radius 1 is 1.32 bits per heavy atom. The van der Waals surface area contributed by atoms with Crippen LogP contribution in [0.1, 0.15) is 56.9 Å². The first-order valence-corrected chi connectivity index (χ1v) is 12.6. The average Bonchev–Trinajstić information content (AvgIpc) is 3.20. The van der Waals surface area contributed by atoms with Crippen molar-refractivity contribution >= 4 is 34.5 Å². The second-order valence-electron chi connectivity index (χ2n) is 8.69. The third kappa shape index (κ3) is 5.23. The van der Waals surface area contributed by atoms with Gasteiger partial charge in [0.1, 0.15) is 17.8 Å². The van der Waals surface area contributed by atoms with Gasteiger partial charge in [0.05, 0.1) is 10.3 Å². The number of fused-ring (bicyclic) bond motifs is 1. The summed E-state index contributed by atoms with van der Waals surface area (Å²) in [7, 11) is 0. The summed E-state index contributed by atoms with van der Waals surface area (Å²) >= 11 is 1.63. The van der Waals surface area contributed by atoms with Gasteiger partial charge in [-0.3, -0.25) is 4.79 Å². The summed E-state index contributed by atoms with van der Waals surface area (Å²) in [6.45, 7) is 3.59. The Kier molecular flexibility index (Phi) is 7.50. The van der Waals surface area contributed by atoms with E-state index in [1.807, 2.05) is 12.4 Å². The first-order valence-electron chi connectivity index (χ1n) is 11.6. The molecule has 0 saturated heterocycles. The number of nitrogens with one attached hydrogen (secondary N) is 2. The molecule has 1 saturated carbocycles. The molecule has 0 bridgehead atoms. The predicted molar refractivity (Wildman–Crippen MR) is 128 cm³/mol. The van der Waals surface area contributed by atoms with Crippen LogP contribution in [0.5, 0.6) is 0 Å². The van der Waals surface area contributed by atoms with Crippen molar-refractivity contribution in [1.82, 2.24) is 20.3 Å². The fraction of sp³-hybridized carbons (Fsp3) is 0.609. The maximum Gasteiger partial charge on any atom is 0.259 e. The van der Waals surface area contributed by atoms with Crippen molar-refractivity contribution in [3.05, 3.63) is 29.2 Å². The summed E-state index contributed by atoms with van der Waals surface area (Å²) in [5.74, 6) is 2.36. The van der Waals surface area contributed by atoms with Gasteiger partial charge in [-0.05, 0) is 50.6 Å². The van der Waals surface area contributed by atoms with Crippen LogP contribution >= 0.6 is 11.8 Å². The maximum absolute atomic E-state index is 13.3. The minimum Gasteiger partial charge on any atom is -0.349 e. The third-order valence-electron chi connectivity index (χ3n) is 6.51. The second-order valence-corrected chi connectivity index (χ2v) is 9.83. The largest absolute Gasteiger partial charge is 0.349 e. The molecule has 168 valence electrons. The van der Waals surface area contributed by atoms with E-state index in [0.717, 1.165) is 58.9 Å². The Morgan fingerprint density at radius 2 is 2.16 bits per heavy atom. The van der Waals surface area contributed by atoms with Gasteiger partial charge in [-0.2, -0.15) is 0 Å². The zero-order chi connectivity index (χ0) is 21.6. The number of carbonyl (C=O) groups is 1. The molecule has 2 aromatic rings. The topological polar surface area (TPSA) is 99.9 Å². The van der Waals surface area contributed by atoms with E-state index in [4.69, 9.17) is 5.73 Å². The molecule has 2 aliphatic rings. The number of nitrogens with zero attached hydrogens (tertiary/aromatic N) is 3. The highest BCUT2D eigenvalue weighted by atomic mass is 32.2. The van der Waals surface area contributed by atoms with Crippen molar-refractivity contribution in [2.24, 2.45) is 11.7 Å². The number of rotatable bonds is 8. The average molecular weight is 443 g/mol. The number of hydrogen-bond donors (Lipinski definition) is 3. The molecular weight excluding hydrogens is 408 g/mol. The lowest BCUT2D eigenvalue weighted by molar-refractivity contribution is -0.118. The molecule has 1 aliphatic carbocycles. The van der Waals surface area contributed by atoms with Gasteiger partial charge in [-0.25, -0.2) is 9.97 Å². The smallest absolute Gasteiger partial charge is 0.259 e. The number of H-pyrrole nitrogens is 1. The lowest BCUT2D eigenvalue weighted by atomic mass is 9.82. The van der Waals surface area contributed by atoms with Crippen LogP contribution in [0, 0.1) is 12.8 Å². The SMILES string of the molecule is Cc1c[nH]c2ncnc(N3C=C(C(=O)NC(CCCCN)C4CCCCC4)SCC3)c12. The highest BCUT2D eigenvalue weighted by Crippen LogP contribution is 2.32. The summed E-state index contributed by atoms with van der Waals surface area (Å²) < 4.78 is 0. The van der Waals surface area contributed by atoms with Gasteiger partial charge < -0.3 is 20.9 Å². The first-order chi connectivity index (χ1) is 15.2. The normalized spacial score (nSPS) is 18.8. The Labute approximate surface area is 188 Å². The molecule has 1 unspecified atom stereocenters. The van der Waals surface area contributed by atoms with Gasteiger partial charge in [-0.1, -0.05) is 25.7 Å². The number of anilines is 1. The molecule has 3 heterocycles. The minimum atomic E-state index is 0.0501. The van der Waals surface area contributed by atoms with Crippen LogP contribution in [0.15, 0.2) is 23.6 Å². The zero-order valence-electron chi connectivity index (χ0n) is 18.4. The number of amides is 1. The molecule has 1 atom stereocenters. The first kappa shape index (κ1) is 22.1. The summed E-state index contributed by atoms with van der Waals surface area (Å²) in [5, 5.41) is 4.42. The van der Waals surface area contributed by atoms with E-state index in [-0.39, 0.29) is 11.9 Å². The summed E-state index contributed by atoms with van der Waals surface area (Å²) in [5.41, 5.74) is 7.65. The van der Waals surface area contributed by atoms with Crippen molar-refractivity contribution in [3.63, 3.8) is 0 Å². The number of nitrogens with two attached hydrogens (primary N) is 1. The Hall–Kier alpha value is -2.06. The molecule has 1 aliphatic heterocycles. The van der Waals surface area contributed by atoms with Gasteiger partial charge in [0.15, 0.2) is 0 Å². The molecule has 4 N–H and O–H groups in total. The van der Waals surface area contributed by atoms with Crippen molar-refractivity contribution in [3.8, 4) is 0 Å². The van der Waals surface area contributed by atoms with E-state index in [0.29, 0.717) is 12.5 Å². The van der Waals surface area contributed by atoms with E-state index >= 15 is 0 Å². The molecule has 7 nitrogen and oxygen atoms in total. The van der Waals surface area contributed by atoms with Crippen molar-refractivity contribution in [2.45, 2.75) is 64.3 Å². The van der Waals surface area contributed by atoms with E-state index in [2.05, 4.69) is 32.1 Å². The lowest BCUT2D eigenvalue weighted by Gasteiger charge is -2.32. The van der Waals surface area contributed by atoms with Crippen LogP contribution in [0.3, 0.4) is 0 Å². The minimum absolute atomic E-state index is 0.0501. The standard InChI is InChI=1S/C23H34N6OS/c1-16-13-25-21-20(16)22(27-15-26-21)29-11-12-31-19(14-29)23(30)28-18(9-5-6-10-24)17-7-3-2-4-8-17/h13-15,17-18H,2-12,24H2,1H3,(H,28,30)(H,25,26,27). The van der Waals surface area contributed by atoms with Crippen molar-refractivity contribution < 1.29 is 4.79 Å². The highest BCUT2D eigenvalue weighted by molar-refractivity contribution is 8.04. The van der Waals surface area contributed by atoms with E-state index in [1.54, 1.807) is 18.1 Å². The van der Waals surface area contributed by atoms with Gasteiger partial charge in [0.25, 0.3) is 5.91 Å². The summed E-state index contributed by atoms with van der Waals surface area (Å²) in [4.78, 5) is 28.2. The van der Waals surface area contributed by atoms with Crippen LogP contribution < -0.4 is 16.0 Å². The van der Waals surface area contributed by atoms with E-state index in [9.17, 15) is 4.79 Å². The quantitative estimate of drug-likeness (QED) is 0.537. The van der Waals surface area contributed by atoms with Crippen LogP contribution in [-0.4, -0.2) is 45.7 Å². The Morgan fingerprint density at radius 3 is 2.97 bits per heavy atom. The Balaban J connectivity index is 1.50. The molecule has 0 spiro atoms. The monoisotopic (exact) mass is 442 g/mol. The van der Waals surface area contributed by atoms with Crippen LogP contribution in [0.2, 0.25) is 0 Å². The Bertz CT molecular complexity index is 920. The summed E-state index contributed by atoms with van der Waals surface area (Å²) in [6, 6.07) is 0.244. The van der Waals surface area contributed by atoms with Crippen molar-refractivity contribution in [2.75, 3.05) is 23.7 Å². The number of carbonyl (C=O) groups excluding carboxylic acids is 1. The van der Waals surface area contributed by atoms with E-state index in [1.165, 1.54) is 32.1 Å². The van der Waals surface area contributed by atoms with Gasteiger partial charge in [-0.15, -0.1) is 11.8 Å². The van der Waals surface area contributed by atoms with E-state index < -0.39 is 0 Å². The molecule has 0 radical (unpaired) electrons. The van der Waals surface area contributed by atoms with Crippen molar-refractivity contribution in [1.29, 1.82) is 0 Å². The molecule has 1 amide bonds. The number of aryl methyl sites for hydroxylation is 1. The van der Waals surface area contributed by atoms with Crippen LogP contribution in [0.25, 0.3) is 11.0 Å². The molecule has 8 heteroatoms. The number of unbranched alkanes of at least 4 members (excludes halogenated alkanes) is 1. The maximum atomic E-state index is 13.3. The number of hydrogen-bond acceptors (Lipinski definition) is 6. The fourth-order valence-electron chi connectivity index (χ4n) is 4.81. The molecule has 1 fully saturated rings. The number of aromatic nitrogens is 3. The van der Waals surface area contributed by atoms with Crippen LogP contribution in [-0.2, 0) is 4.79 Å². The number of aromatic amines is 1. The fourth-order valence-corrected chi connectivity index (χ4v) is 5.71. The highest BCUT2D eigenvalue weighted by Gasteiger charge is 2.27. The predicted octanol–water partition coefficient (Wildman–Crippen LogP) is 3.86. The molecule has 31 heavy (non-hydrogen) atoms. The molecule has 4 rings (SSSR count). The summed E-state index contributed by atoms with van der Waals surface area (Å²) in [6.07, 6.45) is 14.9. The lowest BCUT2D eigenvalue weighted by Crippen LogP contribution is -2.42. The number of thioether (sulfide) groups is 1. The van der Waals surface area contributed by atoms with Gasteiger partial charge >= 0.3 is 0 Å². The van der Waals surface area contributed by atoms with Gasteiger partial charge in [0, 0.05) is 30.7 Å².